The molecule has 2 N–H and O–H groups in total. The molecule has 2 aromatic carbocycles. The summed E-state index contributed by atoms with van der Waals surface area (Å²) in [6.45, 7) is 4.31. The van der Waals surface area contributed by atoms with Crippen molar-refractivity contribution in [2.24, 2.45) is 0 Å². The molecule has 2 rings (SSSR count). The summed E-state index contributed by atoms with van der Waals surface area (Å²) in [4.78, 5) is 11.9. The SMILES string of the molecule is C=CCNC(=O)CN[C@H](Cc1ccc(OC)cc1)c1ccc(OC)cc1. The van der Waals surface area contributed by atoms with Gasteiger partial charge in [-0.25, -0.2) is 0 Å². The van der Waals surface area contributed by atoms with Crippen molar-refractivity contribution in [1.29, 1.82) is 0 Å². The van der Waals surface area contributed by atoms with Gasteiger partial charge in [0, 0.05) is 12.6 Å². The first-order valence-electron chi connectivity index (χ1n) is 8.54. The Morgan fingerprint density at radius 1 is 1.04 bits per heavy atom. The zero-order valence-corrected chi connectivity index (χ0v) is 15.3. The average Bonchev–Trinajstić information content (AvgIpc) is 2.70. The lowest BCUT2D eigenvalue weighted by molar-refractivity contribution is -0.120. The Morgan fingerprint density at radius 3 is 2.15 bits per heavy atom. The van der Waals surface area contributed by atoms with Crippen LogP contribution in [0.5, 0.6) is 11.5 Å². The van der Waals surface area contributed by atoms with Gasteiger partial charge in [0.1, 0.15) is 11.5 Å². The molecule has 1 atom stereocenters. The summed E-state index contributed by atoms with van der Waals surface area (Å²) in [5.74, 6) is 1.57. The van der Waals surface area contributed by atoms with Gasteiger partial charge in [-0.15, -0.1) is 6.58 Å². The molecule has 0 bridgehead atoms. The molecule has 26 heavy (non-hydrogen) atoms. The van der Waals surface area contributed by atoms with Gasteiger partial charge >= 0.3 is 0 Å². The number of benzene rings is 2. The molecule has 138 valence electrons. The molecule has 0 radical (unpaired) electrons. The third kappa shape index (κ3) is 5.93. The van der Waals surface area contributed by atoms with Crippen molar-refractivity contribution in [2.75, 3.05) is 27.3 Å². The minimum absolute atomic E-state index is 0.00350. The molecule has 2 aromatic rings. The molecule has 0 fully saturated rings. The van der Waals surface area contributed by atoms with E-state index in [1.165, 1.54) is 0 Å². The predicted molar refractivity (Wildman–Crippen MR) is 104 cm³/mol. The molecule has 0 aliphatic carbocycles. The van der Waals surface area contributed by atoms with Gasteiger partial charge in [-0.05, 0) is 41.8 Å². The number of amides is 1. The van der Waals surface area contributed by atoms with E-state index in [0.29, 0.717) is 6.54 Å². The first-order valence-corrected chi connectivity index (χ1v) is 8.54. The molecule has 0 saturated carbocycles. The van der Waals surface area contributed by atoms with E-state index in [1.807, 2.05) is 48.5 Å². The average molecular weight is 354 g/mol. The quantitative estimate of drug-likeness (QED) is 0.644. The lowest BCUT2D eigenvalue weighted by atomic mass is 9.98. The molecule has 0 saturated heterocycles. The molecule has 0 aliphatic heterocycles. The van der Waals surface area contributed by atoms with Crippen molar-refractivity contribution in [3.05, 3.63) is 72.3 Å². The van der Waals surface area contributed by atoms with Crippen molar-refractivity contribution in [3.8, 4) is 11.5 Å². The molecule has 5 heteroatoms. The van der Waals surface area contributed by atoms with E-state index in [0.717, 1.165) is 29.0 Å². The van der Waals surface area contributed by atoms with Gasteiger partial charge in [-0.3, -0.25) is 4.79 Å². The van der Waals surface area contributed by atoms with Crippen molar-refractivity contribution in [1.82, 2.24) is 10.6 Å². The Hall–Kier alpha value is -2.79. The van der Waals surface area contributed by atoms with Gasteiger partial charge in [0.25, 0.3) is 0 Å². The number of rotatable bonds is 10. The van der Waals surface area contributed by atoms with Crippen molar-refractivity contribution in [3.63, 3.8) is 0 Å². The zero-order valence-electron chi connectivity index (χ0n) is 15.3. The number of carbonyl (C=O) groups excluding carboxylic acids is 1. The van der Waals surface area contributed by atoms with Gasteiger partial charge in [0.2, 0.25) is 5.91 Å². The van der Waals surface area contributed by atoms with E-state index in [-0.39, 0.29) is 18.5 Å². The van der Waals surface area contributed by atoms with Crippen molar-refractivity contribution < 1.29 is 14.3 Å². The van der Waals surface area contributed by atoms with Crippen LogP contribution in [0.2, 0.25) is 0 Å². The number of hydrogen-bond acceptors (Lipinski definition) is 4. The maximum absolute atomic E-state index is 11.9. The van der Waals surface area contributed by atoms with Crippen LogP contribution in [-0.4, -0.2) is 33.2 Å². The standard InChI is InChI=1S/C21H26N2O3/c1-4-13-22-21(24)15-23-20(17-7-11-19(26-3)12-8-17)14-16-5-9-18(25-2)10-6-16/h4-12,20,23H,1,13-15H2,2-3H3,(H,22,24)/t20-/m1/s1. The Bertz CT molecular complexity index is 696. The third-order valence-electron chi connectivity index (χ3n) is 4.07. The van der Waals surface area contributed by atoms with Crippen molar-refractivity contribution >= 4 is 5.91 Å². The Balaban J connectivity index is 2.10. The predicted octanol–water partition coefficient (Wildman–Crippen LogP) is 2.88. The summed E-state index contributed by atoms with van der Waals surface area (Å²) < 4.78 is 10.4. The second kappa shape index (κ2) is 10.3. The number of hydrogen-bond donors (Lipinski definition) is 2. The molecule has 5 nitrogen and oxygen atoms in total. The highest BCUT2D eigenvalue weighted by molar-refractivity contribution is 5.78. The number of carbonyl (C=O) groups is 1. The molecular formula is C21H26N2O3. The number of methoxy groups -OCH3 is 2. The minimum Gasteiger partial charge on any atom is -0.497 e. The van der Waals surface area contributed by atoms with E-state index >= 15 is 0 Å². The Labute approximate surface area is 155 Å². The third-order valence-corrected chi connectivity index (χ3v) is 4.07. The van der Waals surface area contributed by atoms with Crippen molar-refractivity contribution in [2.45, 2.75) is 12.5 Å². The maximum atomic E-state index is 11.9. The van der Waals surface area contributed by atoms with Gasteiger partial charge < -0.3 is 20.1 Å². The monoisotopic (exact) mass is 354 g/mol. The summed E-state index contributed by atoms with van der Waals surface area (Å²) in [5.41, 5.74) is 2.25. The van der Waals surface area contributed by atoms with Crippen LogP contribution >= 0.6 is 0 Å². The van der Waals surface area contributed by atoms with Crippen LogP contribution in [0.25, 0.3) is 0 Å². The van der Waals surface area contributed by atoms with Crippen LogP contribution in [0.1, 0.15) is 17.2 Å². The van der Waals surface area contributed by atoms with Gasteiger partial charge in [-0.1, -0.05) is 30.3 Å². The first-order chi connectivity index (χ1) is 12.7. The van der Waals surface area contributed by atoms with Crippen LogP contribution < -0.4 is 20.1 Å². The van der Waals surface area contributed by atoms with Gasteiger partial charge in [-0.2, -0.15) is 0 Å². The van der Waals surface area contributed by atoms with E-state index in [1.54, 1.807) is 20.3 Å². The molecule has 1 amide bonds. The second-order valence-corrected chi connectivity index (χ2v) is 5.85. The zero-order chi connectivity index (χ0) is 18.8. The Morgan fingerprint density at radius 2 is 1.62 bits per heavy atom. The van der Waals surface area contributed by atoms with Crippen LogP contribution in [0, 0.1) is 0 Å². The topological polar surface area (TPSA) is 59.6 Å². The normalized spacial score (nSPS) is 11.5. The van der Waals surface area contributed by atoms with E-state index in [9.17, 15) is 4.79 Å². The van der Waals surface area contributed by atoms with Crippen LogP contribution in [0.3, 0.4) is 0 Å². The summed E-state index contributed by atoms with van der Waals surface area (Å²) in [6, 6.07) is 15.8. The number of ether oxygens (including phenoxy) is 2. The molecular weight excluding hydrogens is 328 g/mol. The smallest absolute Gasteiger partial charge is 0.234 e. The fraction of sp³-hybridized carbons (Fsp3) is 0.286. The highest BCUT2D eigenvalue weighted by atomic mass is 16.5. The van der Waals surface area contributed by atoms with E-state index in [2.05, 4.69) is 17.2 Å². The van der Waals surface area contributed by atoms with Crippen LogP contribution in [-0.2, 0) is 11.2 Å². The van der Waals surface area contributed by atoms with E-state index in [4.69, 9.17) is 9.47 Å². The molecule has 0 heterocycles. The summed E-state index contributed by atoms with van der Waals surface area (Å²) in [6.07, 6.45) is 2.42. The highest BCUT2D eigenvalue weighted by Crippen LogP contribution is 2.22. The molecule has 0 aliphatic rings. The van der Waals surface area contributed by atoms with Gasteiger partial charge in [0.05, 0.1) is 20.8 Å². The molecule has 0 aromatic heterocycles. The summed E-state index contributed by atoms with van der Waals surface area (Å²) in [7, 11) is 3.30. The van der Waals surface area contributed by atoms with Gasteiger partial charge in [0.15, 0.2) is 0 Å². The molecule has 0 spiro atoms. The fourth-order valence-corrected chi connectivity index (χ4v) is 2.61. The molecule has 0 unspecified atom stereocenters. The fourth-order valence-electron chi connectivity index (χ4n) is 2.61. The van der Waals surface area contributed by atoms with Crippen LogP contribution in [0.15, 0.2) is 61.2 Å². The second-order valence-electron chi connectivity index (χ2n) is 5.85. The lowest BCUT2D eigenvalue weighted by Gasteiger charge is -2.20. The maximum Gasteiger partial charge on any atom is 0.234 e. The highest BCUT2D eigenvalue weighted by Gasteiger charge is 2.14. The largest absolute Gasteiger partial charge is 0.497 e. The Kier molecular flexibility index (Phi) is 7.71. The van der Waals surface area contributed by atoms with E-state index < -0.39 is 0 Å². The summed E-state index contributed by atoms with van der Waals surface area (Å²) in [5, 5.41) is 6.12. The number of nitrogens with one attached hydrogen (secondary N) is 2. The first kappa shape index (κ1) is 19.5. The summed E-state index contributed by atoms with van der Waals surface area (Å²) >= 11 is 0. The lowest BCUT2D eigenvalue weighted by Crippen LogP contribution is -2.36. The minimum atomic E-state index is -0.0573. The van der Waals surface area contributed by atoms with Crippen LogP contribution in [0.4, 0.5) is 0 Å².